The van der Waals surface area contributed by atoms with Crippen LogP contribution < -0.4 is 0 Å². The molecule has 1 heterocycles. The van der Waals surface area contributed by atoms with Gasteiger partial charge in [0.05, 0.1) is 0 Å². The van der Waals surface area contributed by atoms with Gasteiger partial charge in [0.1, 0.15) is 17.8 Å². The average Bonchev–Trinajstić information content (AvgIpc) is 2.82. The highest BCUT2D eigenvalue weighted by Gasteiger charge is 2.41. The Balaban J connectivity index is 1.89. The van der Waals surface area contributed by atoms with Crippen molar-refractivity contribution in [2.24, 2.45) is 10.9 Å². The monoisotopic (exact) mass is 379 g/mol. The lowest BCUT2D eigenvalue weighted by Crippen LogP contribution is -2.37. The van der Waals surface area contributed by atoms with Crippen molar-refractivity contribution in [3.8, 4) is 0 Å². The van der Waals surface area contributed by atoms with E-state index < -0.39 is 23.6 Å². The molecule has 1 saturated carbocycles. The molecule has 0 aromatic heterocycles. The van der Waals surface area contributed by atoms with Crippen molar-refractivity contribution in [3.05, 3.63) is 34.6 Å². The van der Waals surface area contributed by atoms with Crippen LogP contribution in [0.4, 0.5) is 4.39 Å². The summed E-state index contributed by atoms with van der Waals surface area (Å²) in [6.07, 6.45) is 5.90. The van der Waals surface area contributed by atoms with Crippen LogP contribution in [0.1, 0.15) is 63.4 Å². The van der Waals surface area contributed by atoms with Crippen molar-refractivity contribution in [3.63, 3.8) is 0 Å². The molecule has 140 valence electrons. The standard InChI is InChI=1S/C20H23ClFNO3/c1-12-18(20(25)26-13-7-4-2-3-5-8-13)14(11-17(24)23-12)19-15(21)9-6-10-16(19)22/h6,9-10,13-14,18H,2-5,7-8,11H2,1H3. The first-order chi connectivity index (χ1) is 12.5. The summed E-state index contributed by atoms with van der Waals surface area (Å²) in [6.45, 7) is 1.62. The van der Waals surface area contributed by atoms with Crippen molar-refractivity contribution in [2.45, 2.75) is 63.9 Å². The third-order valence-electron chi connectivity index (χ3n) is 5.26. The molecule has 0 spiro atoms. The number of hydrogen-bond donors (Lipinski definition) is 0. The number of rotatable bonds is 3. The van der Waals surface area contributed by atoms with E-state index in [9.17, 15) is 14.0 Å². The van der Waals surface area contributed by atoms with Crippen LogP contribution in [-0.4, -0.2) is 23.7 Å². The Bertz CT molecular complexity index is 706. The van der Waals surface area contributed by atoms with Gasteiger partial charge >= 0.3 is 5.97 Å². The zero-order valence-electron chi connectivity index (χ0n) is 14.8. The summed E-state index contributed by atoms with van der Waals surface area (Å²) in [6, 6.07) is 4.37. The number of amides is 1. The summed E-state index contributed by atoms with van der Waals surface area (Å²) in [5, 5.41) is 0.213. The fourth-order valence-electron chi connectivity index (χ4n) is 3.97. The molecule has 1 aliphatic carbocycles. The Labute approximate surface area is 157 Å². The molecule has 0 N–H and O–H groups in total. The number of nitrogens with zero attached hydrogens (tertiary/aromatic N) is 1. The molecule has 6 heteroatoms. The van der Waals surface area contributed by atoms with Crippen LogP contribution in [-0.2, 0) is 14.3 Å². The summed E-state index contributed by atoms with van der Waals surface area (Å²) < 4.78 is 20.2. The molecule has 2 unspecified atom stereocenters. The summed E-state index contributed by atoms with van der Waals surface area (Å²) in [5.74, 6) is -2.80. The maximum absolute atomic E-state index is 14.5. The molecule has 1 aliphatic heterocycles. The van der Waals surface area contributed by atoms with Crippen LogP contribution in [0.25, 0.3) is 0 Å². The lowest BCUT2D eigenvalue weighted by Gasteiger charge is -2.30. The van der Waals surface area contributed by atoms with E-state index in [0.29, 0.717) is 5.71 Å². The van der Waals surface area contributed by atoms with Crippen molar-refractivity contribution in [2.75, 3.05) is 0 Å². The first-order valence-corrected chi connectivity index (χ1v) is 9.57. The van der Waals surface area contributed by atoms with Crippen molar-refractivity contribution in [1.29, 1.82) is 0 Å². The van der Waals surface area contributed by atoms with E-state index >= 15 is 0 Å². The molecule has 1 fully saturated rings. The first kappa shape index (κ1) is 19.0. The molecule has 2 atom stereocenters. The largest absolute Gasteiger partial charge is 0.462 e. The predicted molar refractivity (Wildman–Crippen MR) is 98.0 cm³/mol. The van der Waals surface area contributed by atoms with E-state index in [4.69, 9.17) is 16.3 Å². The summed E-state index contributed by atoms with van der Waals surface area (Å²) in [4.78, 5) is 28.8. The van der Waals surface area contributed by atoms with E-state index in [1.54, 1.807) is 13.0 Å². The van der Waals surface area contributed by atoms with Crippen LogP contribution in [0.3, 0.4) is 0 Å². The Morgan fingerprint density at radius 1 is 1.23 bits per heavy atom. The van der Waals surface area contributed by atoms with Gasteiger partial charge in [0.25, 0.3) is 0 Å². The van der Waals surface area contributed by atoms with Gasteiger partial charge in [-0.15, -0.1) is 0 Å². The number of benzene rings is 1. The highest BCUT2D eigenvalue weighted by molar-refractivity contribution is 6.31. The molecule has 0 radical (unpaired) electrons. The second-order valence-electron chi connectivity index (χ2n) is 7.12. The summed E-state index contributed by atoms with van der Waals surface area (Å²) >= 11 is 6.20. The van der Waals surface area contributed by atoms with Gasteiger partial charge in [-0.1, -0.05) is 30.5 Å². The minimum absolute atomic E-state index is 0.0531. The van der Waals surface area contributed by atoms with E-state index in [-0.39, 0.29) is 29.0 Å². The van der Waals surface area contributed by atoms with Crippen LogP contribution >= 0.6 is 11.6 Å². The first-order valence-electron chi connectivity index (χ1n) is 9.19. The Kier molecular flexibility index (Phi) is 6.07. The van der Waals surface area contributed by atoms with Gasteiger partial charge in [0.2, 0.25) is 5.91 Å². The van der Waals surface area contributed by atoms with Gasteiger partial charge in [-0.25, -0.2) is 9.38 Å². The fraction of sp³-hybridized carbons (Fsp3) is 0.550. The van der Waals surface area contributed by atoms with Crippen LogP contribution in [0, 0.1) is 11.7 Å². The molecule has 1 amide bonds. The number of hydrogen-bond acceptors (Lipinski definition) is 3. The molecule has 26 heavy (non-hydrogen) atoms. The molecule has 2 aliphatic rings. The SMILES string of the molecule is CC1=NC(=O)CC(c2c(F)cccc2Cl)C1C(=O)OC1CCCCCC1. The third kappa shape index (κ3) is 4.14. The maximum atomic E-state index is 14.5. The molecule has 1 aromatic carbocycles. The van der Waals surface area contributed by atoms with Gasteiger partial charge in [0, 0.05) is 28.6 Å². The quantitative estimate of drug-likeness (QED) is 0.558. The second-order valence-corrected chi connectivity index (χ2v) is 7.53. The normalized spacial score (nSPS) is 24.7. The number of aliphatic imine (C=N–C) groups is 1. The number of esters is 1. The summed E-state index contributed by atoms with van der Waals surface area (Å²) in [5.41, 5.74) is 0.559. The van der Waals surface area contributed by atoms with E-state index in [1.165, 1.54) is 12.1 Å². The minimum Gasteiger partial charge on any atom is -0.462 e. The van der Waals surface area contributed by atoms with Crippen molar-refractivity contribution in [1.82, 2.24) is 0 Å². The van der Waals surface area contributed by atoms with Crippen LogP contribution in [0.2, 0.25) is 5.02 Å². The highest BCUT2D eigenvalue weighted by Crippen LogP contribution is 2.39. The Morgan fingerprint density at radius 2 is 1.92 bits per heavy atom. The van der Waals surface area contributed by atoms with Crippen LogP contribution in [0.5, 0.6) is 0 Å². The lowest BCUT2D eigenvalue weighted by molar-refractivity contribution is -0.153. The van der Waals surface area contributed by atoms with Gasteiger partial charge in [-0.3, -0.25) is 9.59 Å². The fourth-order valence-corrected chi connectivity index (χ4v) is 4.28. The van der Waals surface area contributed by atoms with E-state index in [1.807, 2.05) is 0 Å². The third-order valence-corrected chi connectivity index (χ3v) is 5.59. The summed E-state index contributed by atoms with van der Waals surface area (Å²) in [7, 11) is 0. The smallest absolute Gasteiger partial charge is 0.315 e. The molecule has 4 nitrogen and oxygen atoms in total. The minimum atomic E-state index is -0.787. The van der Waals surface area contributed by atoms with Crippen LogP contribution in [0.15, 0.2) is 23.2 Å². The highest BCUT2D eigenvalue weighted by atomic mass is 35.5. The zero-order valence-corrected chi connectivity index (χ0v) is 15.6. The van der Waals surface area contributed by atoms with Gasteiger partial charge in [-0.2, -0.15) is 0 Å². The molecule has 0 bridgehead atoms. The predicted octanol–water partition coefficient (Wildman–Crippen LogP) is 4.84. The zero-order chi connectivity index (χ0) is 18.7. The lowest BCUT2D eigenvalue weighted by atomic mass is 9.78. The number of ether oxygens (including phenoxy) is 1. The van der Waals surface area contributed by atoms with E-state index in [0.717, 1.165) is 38.5 Å². The number of halogens is 2. The molecule has 3 rings (SSSR count). The van der Waals surface area contributed by atoms with Crippen molar-refractivity contribution < 1.29 is 18.7 Å². The molecule has 1 aromatic rings. The molecular weight excluding hydrogens is 357 g/mol. The number of carbonyl (C=O) groups excluding carboxylic acids is 2. The molecule has 0 saturated heterocycles. The molecular formula is C20H23ClFNO3. The van der Waals surface area contributed by atoms with Gasteiger partial charge in [-0.05, 0) is 44.7 Å². The van der Waals surface area contributed by atoms with E-state index in [2.05, 4.69) is 4.99 Å². The average molecular weight is 380 g/mol. The van der Waals surface area contributed by atoms with Gasteiger partial charge < -0.3 is 4.74 Å². The van der Waals surface area contributed by atoms with Crippen molar-refractivity contribution >= 4 is 29.2 Å². The number of carbonyl (C=O) groups is 2. The topological polar surface area (TPSA) is 55.7 Å². The second kappa shape index (κ2) is 8.30. The Morgan fingerprint density at radius 3 is 2.58 bits per heavy atom. The van der Waals surface area contributed by atoms with Gasteiger partial charge in [0.15, 0.2) is 0 Å². The Hall–Kier alpha value is -1.75. The maximum Gasteiger partial charge on any atom is 0.315 e.